The number of hydrogen-bond acceptors (Lipinski definition) is 7. The van der Waals surface area contributed by atoms with Crippen molar-refractivity contribution in [1.82, 2.24) is 25.5 Å². The number of aryl methyl sites for hydroxylation is 1. The van der Waals surface area contributed by atoms with Gasteiger partial charge in [-0.25, -0.2) is 4.68 Å². The van der Waals surface area contributed by atoms with E-state index in [2.05, 4.69) is 20.8 Å². The molecule has 1 heterocycles. The lowest BCUT2D eigenvalue weighted by molar-refractivity contribution is -0.150. The largest absolute Gasteiger partial charge is 0.468 e. The summed E-state index contributed by atoms with van der Waals surface area (Å²) >= 11 is 1.65. The summed E-state index contributed by atoms with van der Waals surface area (Å²) in [6.45, 7) is 0. The van der Waals surface area contributed by atoms with Crippen LogP contribution in [0.4, 0.5) is 0 Å². The van der Waals surface area contributed by atoms with Crippen molar-refractivity contribution in [3.63, 3.8) is 0 Å². The minimum absolute atomic E-state index is 0.129. The molecular formula is C13H21N5O2S. The average Bonchev–Trinajstić information content (AvgIpc) is 3.20. The molecule has 2 saturated carbocycles. The van der Waals surface area contributed by atoms with Crippen molar-refractivity contribution in [3.05, 3.63) is 0 Å². The summed E-state index contributed by atoms with van der Waals surface area (Å²) < 4.78 is 6.75. The molecule has 116 valence electrons. The zero-order valence-electron chi connectivity index (χ0n) is 12.4. The summed E-state index contributed by atoms with van der Waals surface area (Å²) in [5.41, 5.74) is -0.530. The second-order valence-electron chi connectivity index (χ2n) is 5.91. The van der Waals surface area contributed by atoms with Gasteiger partial charge in [0, 0.05) is 18.3 Å². The minimum Gasteiger partial charge on any atom is -0.468 e. The molecule has 0 radical (unpaired) electrons. The standard InChI is InChI=1S/C13H21N5O2S/c1-18-12(15-16-17-18)21-10-4-3-7-13(8-10,11(19)20-2)14-9-5-6-9/h9-10,14H,3-8H2,1-2H3. The van der Waals surface area contributed by atoms with Gasteiger partial charge in [-0.3, -0.25) is 10.1 Å². The highest BCUT2D eigenvalue weighted by Crippen LogP contribution is 2.39. The van der Waals surface area contributed by atoms with Crippen LogP contribution >= 0.6 is 11.8 Å². The number of nitrogens with zero attached hydrogens (tertiary/aromatic N) is 4. The Bertz CT molecular complexity index is 518. The molecule has 7 nitrogen and oxygen atoms in total. The maximum Gasteiger partial charge on any atom is 0.326 e. The Morgan fingerprint density at radius 2 is 2.29 bits per heavy atom. The molecule has 2 fully saturated rings. The first-order valence-corrected chi connectivity index (χ1v) is 8.26. The zero-order chi connectivity index (χ0) is 14.9. The molecule has 0 spiro atoms. The molecule has 0 aromatic carbocycles. The number of ether oxygens (including phenoxy) is 1. The van der Waals surface area contributed by atoms with Crippen LogP contribution in [-0.2, 0) is 16.6 Å². The minimum atomic E-state index is -0.530. The number of aromatic nitrogens is 4. The van der Waals surface area contributed by atoms with Gasteiger partial charge in [0.2, 0.25) is 5.16 Å². The van der Waals surface area contributed by atoms with Gasteiger partial charge in [-0.1, -0.05) is 11.8 Å². The molecule has 2 aliphatic carbocycles. The van der Waals surface area contributed by atoms with Crippen LogP contribution in [0.25, 0.3) is 0 Å². The van der Waals surface area contributed by atoms with E-state index in [0.29, 0.717) is 11.3 Å². The van der Waals surface area contributed by atoms with Crippen LogP contribution in [0.3, 0.4) is 0 Å². The number of esters is 1. The molecule has 0 amide bonds. The van der Waals surface area contributed by atoms with Gasteiger partial charge in [0.1, 0.15) is 5.54 Å². The lowest BCUT2D eigenvalue weighted by Gasteiger charge is -2.39. The fourth-order valence-electron chi connectivity index (χ4n) is 2.98. The van der Waals surface area contributed by atoms with Crippen LogP contribution in [0.1, 0.15) is 38.5 Å². The smallest absolute Gasteiger partial charge is 0.326 e. The molecule has 2 aliphatic rings. The van der Waals surface area contributed by atoms with Gasteiger partial charge in [-0.15, -0.1) is 5.10 Å². The Morgan fingerprint density at radius 3 is 2.90 bits per heavy atom. The number of thioether (sulfide) groups is 1. The van der Waals surface area contributed by atoms with Gasteiger partial charge in [-0.05, 0) is 49.0 Å². The van der Waals surface area contributed by atoms with Crippen molar-refractivity contribution in [2.75, 3.05) is 7.11 Å². The average molecular weight is 311 g/mol. The van der Waals surface area contributed by atoms with E-state index in [4.69, 9.17) is 4.74 Å². The number of carbonyl (C=O) groups excluding carboxylic acids is 1. The van der Waals surface area contributed by atoms with Crippen molar-refractivity contribution in [3.8, 4) is 0 Å². The highest BCUT2D eigenvalue weighted by molar-refractivity contribution is 7.99. The van der Waals surface area contributed by atoms with Crippen LogP contribution in [-0.4, -0.2) is 50.1 Å². The third kappa shape index (κ3) is 3.21. The van der Waals surface area contributed by atoms with E-state index in [1.807, 2.05) is 7.05 Å². The fraction of sp³-hybridized carbons (Fsp3) is 0.846. The Morgan fingerprint density at radius 1 is 1.48 bits per heavy atom. The number of hydrogen-bond donors (Lipinski definition) is 1. The van der Waals surface area contributed by atoms with Crippen molar-refractivity contribution in [2.45, 2.75) is 60.5 Å². The van der Waals surface area contributed by atoms with Gasteiger partial charge in [0.25, 0.3) is 0 Å². The summed E-state index contributed by atoms with van der Waals surface area (Å²) in [7, 11) is 3.31. The van der Waals surface area contributed by atoms with Crippen LogP contribution in [0.2, 0.25) is 0 Å². The Labute approximate surface area is 128 Å². The Kier molecular flexibility index (Phi) is 4.17. The van der Waals surface area contributed by atoms with Crippen molar-refractivity contribution < 1.29 is 9.53 Å². The van der Waals surface area contributed by atoms with E-state index in [-0.39, 0.29) is 5.97 Å². The molecule has 8 heteroatoms. The first-order valence-electron chi connectivity index (χ1n) is 7.38. The summed E-state index contributed by atoms with van der Waals surface area (Å²) in [5, 5.41) is 16.2. The van der Waals surface area contributed by atoms with Crippen LogP contribution in [0.5, 0.6) is 0 Å². The van der Waals surface area contributed by atoms with Gasteiger partial charge in [0.15, 0.2) is 0 Å². The molecule has 0 saturated heterocycles. The van der Waals surface area contributed by atoms with Crippen molar-refractivity contribution >= 4 is 17.7 Å². The van der Waals surface area contributed by atoms with E-state index < -0.39 is 5.54 Å². The normalized spacial score (nSPS) is 29.3. The lowest BCUT2D eigenvalue weighted by Crippen LogP contribution is -2.56. The van der Waals surface area contributed by atoms with Gasteiger partial charge in [0.05, 0.1) is 7.11 Å². The maximum absolute atomic E-state index is 12.3. The third-order valence-electron chi connectivity index (χ3n) is 4.19. The van der Waals surface area contributed by atoms with Gasteiger partial charge < -0.3 is 4.74 Å². The molecule has 2 atom stereocenters. The maximum atomic E-state index is 12.3. The molecule has 2 unspecified atom stereocenters. The number of methoxy groups -OCH3 is 1. The monoisotopic (exact) mass is 311 g/mol. The molecule has 0 aliphatic heterocycles. The SMILES string of the molecule is COC(=O)C1(NC2CC2)CCCC(Sc2nnnn2C)C1. The van der Waals surface area contributed by atoms with Crippen molar-refractivity contribution in [1.29, 1.82) is 0 Å². The molecule has 1 aromatic rings. The van der Waals surface area contributed by atoms with Crippen LogP contribution < -0.4 is 5.32 Å². The number of tetrazole rings is 1. The van der Waals surface area contributed by atoms with Crippen molar-refractivity contribution in [2.24, 2.45) is 7.05 Å². The first kappa shape index (κ1) is 14.8. The third-order valence-corrected chi connectivity index (χ3v) is 5.49. The van der Waals surface area contributed by atoms with Gasteiger partial charge in [-0.2, -0.15) is 0 Å². The van der Waals surface area contributed by atoms with E-state index in [0.717, 1.165) is 43.7 Å². The number of rotatable bonds is 5. The Hall–Kier alpha value is -1.15. The van der Waals surface area contributed by atoms with E-state index in [1.165, 1.54) is 7.11 Å². The summed E-state index contributed by atoms with van der Waals surface area (Å²) in [4.78, 5) is 12.3. The molecule has 21 heavy (non-hydrogen) atoms. The second kappa shape index (κ2) is 5.92. The molecule has 1 aromatic heterocycles. The quantitative estimate of drug-likeness (QED) is 0.809. The molecule has 1 N–H and O–H groups in total. The molecular weight excluding hydrogens is 290 g/mol. The van der Waals surface area contributed by atoms with Gasteiger partial charge >= 0.3 is 5.97 Å². The predicted molar refractivity (Wildman–Crippen MR) is 77.8 cm³/mol. The molecule has 0 bridgehead atoms. The fourth-order valence-corrected chi connectivity index (χ4v) is 4.21. The lowest BCUT2D eigenvalue weighted by atomic mass is 9.81. The van der Waals surface area contributed by atoms with E-state index in [9.17, 15) is 4.79 Å². The summed E-state index contributed by atoms with van der Waals surface area (Å²) in [5.74, 6) is -0.129. The highest BCUT2D eigenvalue weighted by Gasteiger charge is 2.47. The second-order valence-corrected chi connectivity index (χ2v) is 7.18. The van der Waals surface area contributed by atoms with E-state index in [1.54, 1.807) is 16.4 Å². The predicted octanol–water partition coefficient (Wildman–Crippen LogP) is 0.909. The molecule has 3 rings (SSSR count). The topological polar surface area (TPSA) is 81.9 Å². The Balaban J connectivity index is 1.72. The van der Waals surface area contributed by atoms with E-state index >= 15 is 0 Å². The summed E-state index contributed by atoms with van der Waals surface area (Å²) in [6, 6.07) is 0.476. The number of carbonyl (C=O) groups is 1. The van der Waals surface area contributed by atoms with Crippen LogP contribution in [0, 0.1) is 0 Å². The van der Waals surface area contributed by atoms with Crippen LogP contribution in [0.15, 0.2) is 5.16 Å². The number of nitrogens with one attached hydrogen (secondary N) is 1. The zero-order valence-corrected chi connectivity index (χ0v) is 13.2. The highest BCUT2D eigenvalue weighted by atomic mass is 32.2. The first-order chi connectivity index (χ1) is 10.1. The summed E-state index contributed by atoms with van der Waals surface area (Å²) in [6.07, 6.45) is 6.02.